The Morgan fingerprint density at radius 2 is 1.47 bits per heavy atom. The number of hydrogen-bond acceptors (Lipinski definition) is 2. The molecule has 3 heteroatoms. The standard InChI is InChI=1S/C16H13NO2/c1-9-7-8-10(2)14-13(9)15(18)11-5-3-4-6-12(11)16(19)17-14/h3-8H,1-2H3,(H,17,19). The summed E-state index contributed by atoms with van der Waals surface area (Å²) in [5.41, 5.74) is 2.09. The highest BCUT2D eigenvalue weighted by atomic mass is 16.1. The fraction of sp³-hybridized carbons (Fsp3) is 0.125. The van der Waals surface area contributed by atoms with Crippen LogP contribution in [0.5, 0.6) is 0 Å². The van der Waals surface area contributed by atoms with Gasteiger partial charge in [-0.25, -0.2) is 0 Å². The van der Waals surface area contributed by atoms with Crippen molar-refractivity contribution in [1.82, 2.24) is 4.98 Å². The van der Waals surface area contributed by atoms with Gasteiger partial charge in [0.25, 0.3) is 5.56 Å². The van der Waals surface area contributed by atoms with Gasteiger partial charge in [-0.05, 0) is 31.0 Å². The maximum Gasteiger partial charge on any atom is 0.256 e. The lowest BCUT2D eigenvalue weighted by molar-refractivity contribution is 1.32. The van der Waals surface area contributed by atoms with E-state index in [2.05, 4.69) is 4.98 Å². The van der Waals surface area contributed by atoms with Crippen molar-refractivity contribution < 1.29 is 0 Å². The predicted molar refractivity (Wildman–Crippen MR) is 77.8 cm³/mol. The van der Waals surface area contributed by atoms with Crippen molar-refractivity contribution in [3.8, 4) is 0 Å². The highest BCUT2D eigenvalue weighted by molar-refractivity contribution is 5.93. The summed E-state index contributed by atoms with van der Waals surface area (Å²) < 4.78 is 0. The van der Waals surface area contributed by atoms with Gasteiger partial charge in [0.1, 0.15) is 0 Å². The summed E-state index contributed by atoms with van der Waals surface area (Å²) in [6.07, 6.45) is 0. The number of aromatic nitrogens is 1. The first-order valence-electron chi connectivity index (χ1n) is 6.15. The number of rotatable bonds is 0. The predicted octanol–water partition coefficient (Wildman–Crippen LogP) is 2.66. The summed E-state index contributed by atoms with van der Waals surface area (Å²) in [4.78, 5) is 27.7. The van der Waals surface area contributed by atoms with Crippen LogP contribution in [0.3, 0.4) is 0 Å². The molecule has 3 rings (SSSR count). The Balaban J connectivity index is 2.82. The zero-order valence-electron chi connectivity index (χ0n) is 10.8. The number of H-pyrrole nitrogens is 1. The summed E-state index contributed by atoms with van der Waals surface area (Å²) in [5, 5.41) is 1.49. The summed E-state index contributed by atoms with van der Waals surface area (Å²) in [6.45, 7) is 3.78. The molecule has 3 aromatic rings. The molecule has 1 N–H and O–H groups in total. The zero-order chi connectivity index (χ0) is 13.6. The monoisotopic (exact) mass is 251 g/mol. The summed E-state index contributed by atoms with van der Waals surface area (Å²) in [5.74, 6) is 0. The molecule has 0 bridgehead atoms. The van der Waals surface area contributed by atoms with Crippen LogP contribution in [0.1, 0.15) is 11.1 Å². The second kappa shape index (κ2) is 4.05. The molecule has 0 fully saturated rings. The lowest BCUT2D eigenvalue weighted by atomic mass is 10.1. The molecule has 0 unspecified atom stereocenters. The van der Waals surface area contributed by atoms with Crippen LogP contribution in [-0.2, 0) is 0 Å². The molecule has 0 aliphatic rings. The van der Waals surface area contributed by atoms with Crippen molar-refractivity contribution >= 4 is 21.7 Å². The molecule has 19 heavy (non-hydrogen) atoms. The van der Waals surface area contributed by atoms with Crippen LogP contribution in [0.2, 0.25) is 0 Å². The average Bonchev–Trinajstić information content (AvgIpc) is 2.52. The van der Waals surface area contributed by atoms with Gasteiger partial charge in [-0.15, -0.1) is 0 Å². The normalized spacial score (nSPS) is 11.1. The number of aryl methyl sites for hydroxylation is 2. The quantitative estimate of drug-likeness (QED) is 0.667. The van der Waals surface area contributed by atoms with Gasteiger partial charge < -0.3 is 4.98 Å². The molecule has 2 aromatic carbocycles. The van der Waals surface area contributed by atoms with Crippen molar-refractivity contribution in [1.29, 1.82) is 0 Å². The molecule has 0 saturated heterocycles. The molecule has 0 aliphatic carbocycles. The van der Waals surface area contributed by atoms with Gasteiger partial charge in [0.05, 0.1) is 10.9 Å². The van der Waals surface area contributed by atoms with Crippen molar-refractivity contribution in [3.63, 3.8) is 0 Å². The third-order valence-corrected chi connectivity index (χ3v) is 3.50. The van der Waals surface area contributed by atoms with E-state index in [4.69, 9.17) is 0 Å². The van der Waals surface area contributed by atoms with E-state index in [0.717, 1.165) is 11.1 Å². The molecular formula is C16H13NO2. The minimum atomic E-state index is -0.226. The second-order valence-corrected chi connectivity index (χ2v) is 4.78. The maximum absolute atomic E-state index is 12.7. The summed E-state index contributed by atoms with van der Waals surface area (Å²) in [6, 6.07) is 10.7. The van der Waals surface area contributed by atoms with Crippen LogP contribution < -0.4 is 11.0 Å². The third kappa shape index (κ3) is 1.66. The van der Waals surface area contributed by atoms with E-state index in [0.29, 0.717) is 21.7 Å². The van der Waals surface area contributed by atoms with E-state index in [1.54, 1.807) is 24.3 Å². The molecule has 1 heterocycles. The topological polar surface area (TPSA) is 49.9 Å². The lowest BCUT2D eigenvalue weighted by Gasteiger charge is -2.00. The number of hydrogen-bond donors (Lipinski definition) is 1. The van der Waals surface area contributed by atoms with Gasteiger partial charge >= 0.3 is 0 Å². The van der Waals surface area contributed by atoms with Crippen LogP contribution in [0.25, 0.3) is 21.7 Å². The van der Waals surface area contributed by atoms with Gasteiger partial charge in [-0.3, -0.25) is 9.59 Å². The maximum atomic E-state index is 12.7. The largest absolute Gasteiger partial charge is 0.321 e. The van der Waals surface area contributed by atoms with E-state index in [-0.39, 0.29) is 11.0 Å². The fourth-order valence-electron chi connectivity index (χ4n) is 2.46. The highest BCUT2D eigenvalue weighted by Gasteiger charge is 2.09. The van der Waals surface area contributed by atoms with Crippen LogP contribution in [0, 0.1) is 13.8 Å². The lowest BCUT2D eigenvalue weighted by Crippen LogP contribution is -2.03. The first-order chi connectivity index (χ1) is 9.09. The minimum Gasteiger partial charge on any atom is -0.321 e. The number of aromatic amines is 1. The van der Waals surface area contributed by atoms with E-state index in [1.807, 2.05) is 26.0 Å². The van der Waals surface area contributed by atoms with Gasteiger partial charge in [-0.1, -0.05) is 30.3 Å². The van der Waals surface area contributed by atoms with Gasteiger partial charge in [0, 0.05) is 10.8 Å². The first-order valence-corrected chi connectivity index (χ1v) is 6.15. The summed E-state index contributed by atoms with van der Waals surface area (Å²) in [7, 11) is 0. The smallest absolute Gasteiger partial charge is 0.256 e. The van der Waals surface area contributed by atoms with E-state index >= 15 is 0 Å². The van der Waals surface area contributed by atoms with Gasteiger partial charge in [0.15, 0.2) is 5.43 Å². The Morgan fingerprint density at radius 1 is 0.842 bits per heavy atom. The molecule has 0 saturated carbocycles. The van der Waals surface area contributed by atoms with Crippen molar-refractivity contribution in [2.24, 2.45) is 0 Å². The van der Waals surface area contributed by atoms with Gasteiger partial charge in [-0.2, -0.15) is 0 Å². The Bertz CT molecular complexity index is 923. The highest BCUT2D eigenvalue weighted by Crippen LogP contribution is 2.17. The first kappa shape index (κ1) is 11.7. The molecular weight excluding hydrogens is 238 g/mol. The molecule has 0 radical (unpaired) electrons. The Morgan fingerprint density at radius 3 is 2.21 bits per heavy atom. The van der Waals surface area contributed by atoms with E-state index in [1.165, 1.54) is 0 Å². The Hall–Kier alpha value is -2.42. The van der Waals surface area contributed by atoms with Crippen molar-refractivity contribution in [2.75, 3.05) is 0 Å². The number of nitrogens with one attached hydrogen (secondary N) is 1. The zero-order valence-corrected chi connectivity index (χ0v) is 10.8. The van der Waals surface area contributed by atoms with E-state index < -0.39 is 0 Å². The second-order valence-electron chi connectivity index (χ2n) is 4.78. The molecule has 0 spiro atoms. The van der Waals surface area contributed by atoms with Crippen molar-refractivity contribution in [2.45, 2.75) is 13.8 Å². The fourth-order valence-corrected chi connectivity index (χ4v) is 2.46. The Kier molecular flexibility index (Phi) is 2.49. The average molecular weight is 251 g/mol. The molecule has 94 valence electrons. The van der Waals surface area contributed by atoms with Crippen LogP contribution in [-0.4, -0.2) is 4.98 Å². The van der Waals surface area contributed by atoms with Crippen LogP contribution in [0.15, 0.2) is 46.0 Å². The summed E-state index contributed by atoms with van der Waals surface area (Å²) >= 11 is 0. The third-order valence-electron chi connectivity index (χ3n) is 3.50. The van der Waals surface area contributed by atoms with Crippen LogP contribution >= 0.6 is 0 Å². The number of fused-ring (bicyclic) bond motifs is 2. The molecule has 0 aliphatic heterocycles. The Labute approximate surface area is 109 Å². The van der Waals surface area contributed by atoms with Crippen molar-refractivity contribution in [3.05, 3.63) is 68.1 Å². The molecule has 0 amide bonds. The molecule has 0 atom stereocenters. The minimum absolute atomic E-state index is 0.0925. The number of benzene rings is 2. The van der Waals surface area contributed by atoms with Crippen LogP contribution in [0.4, 0.5) is 0 Å². The van der Waals surface area contributed by atoms with Gasteiger partial charge in [0.2, 0.25) is 0 Å². The van der Waals surface area contributed by atoms with E-state index in [9.17, 15) is 9.59 Å². The molecule has 1 aromatic heterocycles. The molecule has 3 nitrogen and oxygen atoms in total. The SMILES string of the molecule is Cc1ccc(C)c2c(=O)c3ccccc3c(=O)[nH]c12.